The second kappa shape index (κ2) is 7.41. The van der Waals surface area contributed by atoms with Crippen molar-refractivity contribution in [1.82, 2.24) is 9.80 Å². The van der Waals surface area contributed by atoms with Gasteiger partial charge in [0.15, 0.2) is 0 Å². The molecular weight excluding hydrogens is 250 g/mol. The first-order valence-electron chi connectivity index (χ1n) is 7.86. The summed E-state index contributed by atoms with van der Waals surface area (Å²) in [6, 6.07) is 0. The van der Waals surface area contributed by atoms with E-state index in [0.29, 0.717) is 12.5 Å². The van der Waals surface area contributed by atoms with Crippen LogP contribution in [-0.4, -0.2) is 56.0 Å². The molecule has 2 N–H and O–H groups in total. The lowest BCUT2D eigenvalue weighted by molar-refractivity contribution is -0.135. The minimum atomic E-state index is -0.0359. The summed E-state index contributed by atoms with van der Waals surface area (Å²) in [5.74, 6) is 0.834. The van der Waals surface area contributed by atoms with Crippen molar-refractivity contribution < 1.29 is 4.79 Å². The number of rotatable bonds is 5. The SMILES string of the molecule is CN1CCC(CN(C)C(=O)C(CN)CC(C)(C)C)CC1. The number of nitrogens with two attached hydrogens (primary N) is 1. The maximum absolute atomic E-state index is 12.5. The Labute approximate surface area is 124 Å². The van der Waals surface area contributed by atoms with Gasteiger partial charge in [0.2, 0.25) is 5.91 Å². The van der Waals surface area contributed by atoms with E-state index in [1.807, 2.05) is 11.9 Å². The first-order valence-corrected chi connectivity index (χ1v) is 7.86. The molecule has 4 heteroatoms. The molecule has 1 heterocycles. The van der Waals surface area contributed by atoms with Gasteiger partial charge in [0.1, 0.15) is 0 Å². The van der Waals surface area contributed by atoms with Gasteiger partial charge in [-0.2, -0.15) is 0 Å². The molecule has 0 aliphatic carbocycles. The van der Waals surface area contributed by atoms with Crippen LogP contribution in [0.2, 0.25) is 0 Å². The van der Waals surface area contributed by atoms with Crippen molar-refractivity contribution in [3.63, 3.8) is 0 Å². The Morgan fingerprint density at radius 1 is 1.35 bits per heavy atom. The van der Waals surface area contributed by atoms with Crippen LogP contribution in [0.1, 0.15) is 40.0 Å². The molecule has 0 aromatic heterocycles. The van der Waals surface area contributed by atoms with E-state index >= 15 is 0 Å². The number of carbonyl (C=O) groups is 1. The van der Waals surface area contributed by atoms with Crippen LogP contribution in [0.25, 0.3) is 0 Å². The van der Waals surface area contributed by atoms with Crippen LogP contribution >= 0.6 is 0 Å². The van der Waals surface area contributed by atoms with E-state index in [1.54, 1.807) is 0 Å². The van der Waals surface area contributed by atoms with Gasteiger partial charge in [-0.15, -0.1) is 0 Å². The topological polar surface area (TPSA) is 49.6 Å². The maximum atomic E-state index is 12.5. The average molecular weight is 283 g/mol. The highest BCUT2D eigenvalue weighted by Crippen LogP contribution is 2.25. The molecule has 0 aromatic carbocycles. The van der Waals surface area contributed by atoms with Gasteiger partial charge in [-0.25, -0.2) is 0 Å². The first kappa shape index (κ1) is 17.4. The molecule has 0 radical (unpaired) electrons. The van der Waals surface area contributed by atoms with Gasteiger partial charge in [-0.3, -0.25) is 4.79 Å². The quantitative estimate of drug-likeness (QED) is 0.837. The molecule has 118 valence electrons. The molecular formula is C16H33N3O. The molecule has 0 bridgehead atoms. The molecule has 1 atom stereocenters. The summed E-state index contributed by atoms with van der Waals surface area (Å²) in [7, 11) is 4.10. The molecule has 20 heavy (non-hydrogen) atoms. The van der Waals surface area contributed by atoms with Crippen LogP contribution in [0, 0.1) is 17.3 Å². The molecule has 1 aliphatic heterocycles. The predicted molar refractivity (Wildman–Crippen MR) is 84.5 cm³/mol. The molecule has 0 aromatic rings. The monoisotopic (exact) mass is 283 g/mol. The number of carbonyl (C=O) groups excluding carboxylic acids is 1. The first-order chi connectivity index (χ1) is 9.23. The fourth-order valence-electron chi connectivity index (χ4n) is 3.04. The Kier molecular flexibility index (Phi) is 6.46. The van der Waals surface area contributed by atoms with Crippen LogP contribution in [0.4, 0.5) is 0 Å². The number of likely N-dealkylation sites (tertiary alicyclic amines) is 1. The highest BCUT2D eigenvalue weighted by Gasteiger charge is 2.27. The van der Waals surface area contributed by atoms with Crippen molar-refractivity contribution in [2.75, 3.05) is 40.3 Å². The van der Waals surface area contributed by atoms with Crippen LogP contribution < -0.4 is 5.73 Å². The molecule has 1 amide bonds. The van der Waals surface area contributed by atoms with E-state index in [1.165, 1.54) is 12.8 Å². The van der Waals surface area contributed by atoms with Gasteiger partial charge in [0, 0.05) is 20.1 Å². The summed E-state index contributed by atoms with van der Waals surface area (Å²) in [6.07, 6.45) is 3.25. The van der Waals surface area contributed by atoms with Crippen LogP contribution in [0.3, 0.4) is 0 Å². The van der Waals surface area contributed by atoms with E-state index in [9.17, 15) is 4.79 Å². The Morgan fingerprint density at radius 2 is 1.90 bits per heavy atom. The zero-order valence-corrected chi connectivity index (χ0v) is 14.0. The lowest BCUT2D eigenvalue weighted by Crippen LogP contribution is -2.42. The minimum Gasteiger partial charge on any atom is -0.345 e. The fraction of sp³-hybridized carbons (Fsp3) is 0.938. The summed E-state index contributed by atoms with van der Waals surface area (Å²) in [5, 5.41) is 0. The van der Waals surface area contributed by atoms with Crippen LogP contribution in [-0.2, 0) is 4.79 Å². The molecule has 1 rings (SSSR count). The van der Waals surface area contributed by atoms with Crippen molar-refractivity contribution in [3.8, 4) is 0 Å². The molecule has 1 unspecified atom stereocenters. The molecule has 0 saturated carbocycles. The highest BCUT2D eigenvalue weighted by atomic mass is 16.2. The van der Waals surface area contributed by atoms with Gasteiger partial charge >= 0.3 is 0 Å². The summed E-state index contributed by atoms with van der Waals surface area (Å²) in [5.41, 5.74) is 5.96. The minimum absolute atomic E-state index is 0.0359. The Balaban J connectivity index is 2.48. The third kappa shape index (κ3) is 5.80. The zero-order chi connectivity index (χ0) is 15.3. The van der Waals surface area contributed by atoms with E-state index in [4.69, 9.17) is 5.73 Å². The van der Waals surface area contributed by atoms with Gasteiger partial charge in [-0.05, 0) is 50.7 Å². The predicted octanol–water partition coefficient (Wildman–Crippen LogP) is 1.80. The third-order valence-corrected chi connectivity index (χ3v) is 4.24. The number of amides is 1. The van der Waals surface area contributed by atoms with Crippen LogP contribution in [0.5, 0.6) is 0 Å². The highest BCUT2D eigenvalue weighted by molar-refractivity contribution is 5.78. The molecule has 0 spiro atoms. The average Bonchev–Trinajstić information content (AvgIpc) is 2.36. The van der Waals surface area contributed by atoms with E-state index < -0.39 is 0 Å². The molecule has 1 fully saturated rings. The summed E-state index contributed by atoms with van der Waals surface area (Å²) in [4.78, 5) is 16.8. The lowest BCUT2D eigenvalue weighted by atomic mass is 9.84. The van der Waals surface area contributed by atoms with Crippen molar-refractivity contribution in [3.05, 3.63) is 0 Å². The van der Waals surface area contributed by atoms with Gasteiger partial charge in [0.25, 0.3) is 0 Å². The third-order valence-electron chi connectivity index (χ3n) is 4.24. The zero-order valence-electron chi connectivity index (χ0n) is 14.0. The Hall–Kier alpha value is -0.610. The number of piperidine rings is 1. The second-order valence-electron chi connectivity index (χ2n) is 7.66. The fourth-order valence-corrected chi connectivity index (χ4v) is 3.04. The van der Waals surface area contributed by atoms with Gasteiger partial charge < -0.3 is 15.5 Å². The smallest absolute Gasteiger partial charge is 0.226 e. The Bertz CT molecular complexity index is 303. The number of hydrogen-bond acceptors (Lipinski definition) is 3. The van der Waals surface area contributed by atoms with E-state index in [0.717, 1.165) is 26.1 Å². The Morgan fingerprint density at radius 3 is 2.35 bits per heavy atom. The van der Waals surface area contributed by atoms with Gasteiger partial charge in [0.05, 0.1) is 5.92 Å². The summed E-state index contributed by atoms with van der Waals surface area (Å²) < 4.78 is 0. The summed E-state index contributed by atoms with van der Waals surface area (Å²) >= 11 is 0. The van der Waals surface area contributed by atoms with Crippen LogP contribution in [0.15, 0.2) is 0 Å². The molecule has 4 nitrogen and oxygen atoms in total. The normalized spacial score (nSPS) is 19.9. The number of hydrogen-bond donors (Lipinski definition) is 1. The largest absolute Gasteiger partial charge is 0.345 e. The molecule has 1 saturated heterocycles. The van der Waals surface area contributed by atoms with Crippen molar-refractivity contribution in [1.29, 1.82) is 0 Å². The van der Waals surface area contributed by atoms with Crippen molar-refractivity contribution in [2.24, 2.45) is 23.0 Å². The van der Waals surface area contributed by atoms with E-state index in [2.05, 4.69) is 32.7 Å². The lowest BCUT2D eigenvalue weighted by Gasteiger charge is -2.33. The van der Waals surface area contributed by atoms with Crippen molar-refractivity contribution in [2.45, 2.75) is 40.0 Å². The number of nitrogens with zero attached hydrogens (tertiary/aromatic N) is 2. The van der Waals surface area contributed by atoms with Gasteiger partial charge in [-0.1, -0.05) is 20.8 Å². The maximum Gasteiger partial charge on any atom is 0.226 e. The second-order valence-corrected chi connectivity index (χ2v) is 7.66. The molecule has 1 aliphatic rings. The standard InChI is InChI=1S/C16H33N3O/c1-16(2,3)10-14(11-17)15(20)19(5)12-13-6-8-18(4)9-7-13/h13-14H,6-12,17H2,1-5H3. The van der Waals surface area contributed by atoms with Crippen molar-refractivity contribution >= 4 is 5.91 Å². The summed E-state index contributed by atoms with van der Waals surface area (Å²) in [6.45, 7) is 10.1. The van der Waals surface area contributed by atoms with E-state index in [-0.39, 0.29) is 17.2 Å².